The molecule has 0 saturated carbocycles. The first-order valence-electron chi connectivity index (χ1n) is 3.88. The predicted molar refractivity (Wildman–Crippen MR) is 44.6 cm³/mol. The molecule has 0 amide bonds. The molecular formula is C10H13. The first kappa shape index (κ1) is 7.33. The van der Waals surface area contributed by atoms with Gasteiger partial charge in [0.2, 0.25) is 0 Å². The summed E-state index contributed by atoms with van der Waals surface area (Å²) >= 11 is 0. The molecule has 0 aromatic heterocycles. The highest BCUT2D eigenvalue weighted by atomic mass is 13.9. The molecule has 1 aliphatic rings. The van der Waals surface area contributed by atoms with E-state index in [0.717, 1.165) is 12.8 Å². The summed E-state index contributed by atoms with van der Waals surface area (Å²) in [6.07, 6.45) is 18.5. The molecule has 0 N–H and O–H groups in total. The normalized spacial score (nSPS) is 19.2. The van der Waals surface area contributed by atoms with E-state index in [1.807, 2.05) is 6.08 Å². The number of allylic oxidation sites excluding steroid dienone is 6. The van der Waals surface area contributed by atoms with Crippen molar-refractivity contribution in [1.82, 2.24) is 0 Å². The molecule has 0 aromatic rings. The van der Waals surface area contributed by atoms with Crippen LogP contribution in [-0.2, 0) is 0 Å². The topological polar surface area (TPSA) is 0 Å². The zero-order valence-electron chi connectivity index (χ0n) is 6.22. The maximum Gasteiger partial charge on any atom is -0.0166 e. The molecule has 0 aliphatic heterocycles. The van der Waals surface area contributed by atoms with Crippen molar-refractivity contribution in [2.24, 2.45) is 0 Å². The minimum absolute atomic E-state index is 1.06. The van der Waals surface area contributed by atoms with Crippen LogP contribution < -0.4 is 0 Å². The van der Waals surface area contributed by atoms with Crippen molar-refractivity contribution < 1.29 is 0 Å². The van der Waals surface area contributed by atoms with Gasteiger partial charge in [0.05, 0.1) is 0 Å². The Labute approximate surface area is 62.9 Å². The summed E-state index contributed by atoms with van der Waals surface area (Å²) < 4.78 is 0. The molecule has 0 heteroatoms. The lowest BCUT2D eigenvalue weighted by atomic mass is 10.2. The van der Waals surface area contributed by atoms with E-state index in [4.69, 9.17) is 0 Å². The van der Waals surface area contributed by atoms with Gasteiger partial charge >= 0.3 is 0 Å². The molecule has 0 fully saturated rings. The van der Waals surface area contributed by atoms with Crippen LogP contribution in [0.15, 0.2) is 30.4 Å². The van der Waals surface area contributed by atoms with Gasteiger partial charge in [0.1, 0.15) is 0 Å². The van der Waals surface area contributed by atoms with Crippen molar-refractivity contribution in [3.05, 3.63) is 36.5 Å². The van der Waals surface area contributed by atoms with Gasteiger partial charge in [0.15, 0.2) is 0 Å². The van der Waals surface area contributed by atoms with E-state index in [1.54, 1.807) is 0 Å². The van der Waals surface area contributed by atoms with Crippen LogP contribution in [0.2, 0.25) is 0 Å². The van der Waals surface area contributed by atoms with Crippen LogP contribution in [0.3, 0.4) is 0 Å². The Morgan fingerprint density at radius 3 is 3.00 bits per heavy atom. The quantitative estimate of drug-likeness (QED) is 0.445. The molecule has 0 nitrogen and oxygen atoms in total. The van der Waals surface area contributed by atoms with Crippen molar-refractivity contribution in [2.75, 3.05) is 0 Å². The molecule has 0 saturated heterocycles. The van der Waals surface area contributed by atoms with Crippen molar-refractivity contribution in [3.8, 4) is 0 Å². The largest absolute Gasteiger partial charge is 0.0882 e. The standard InChI is InChI=1S/C10H13/c1-2-4-6-8-10-9-7-5-3-1/h1-2,5,7,10H,3-4,6,8H2. The van der Waals surface area contributed by atoms with Crippen LogP contribution in [-0.4, -0.2) is 0 Å². The van der Waals surface area contributed by atoms with Crippen LogP contribution in [0.1, 0.15) is 25.7 Å². The minimum Gasteiger partial charge on any atom is -0.0882 e. The van der Waals surface area contributed by atoms with Crippen LogP contribution in [0.4, 0.5) is 0 Å². The first-order chi connectivity index (χ1) is 5.00. The van der Waals surface area contributed by atoms with Crippen molar-refractivity contribution in [2.45, 2.75) is 25.7 Å². The van der Waals surface area contributed by atoms with Gasteiger partial charge in [-0.2, -0.15) is 0 Å². The summed E-state index contributed by atoms with van der Waals surface area (Å²) in [4.78, 5) is 0. The first-order valence-corrected chi connectivity index (χ1v) is 3.88. The fourth-order valence-corrected chi connectivity index (χ4v) is 0.918. The van der Waals surface area contributed by atoms with Crippen LogP contribution in [0.25, 0.3) is 0 Å². The van der Waals surface area contributed by atoms with Gasteiger partial charge in [0.25, 0.3) is 0 Å². The van der Waals surface area contributed by atoms with Crippen molar-refractivity contribution in [1.29, 1.82) is 0 Å². The number of hydrogen-bond donors (Lipinski definition) is 0. The lowest BCUT2D eigenvalue weighted by Gasteiger charge is -1.90. The Bertz CT molecular complexity index is 149. The monoisotopic (exact) mass is 133 g/mol. The third-order valence-corrected chi connectivity index (χ3v) is 1.49. The third kappa shape index (κ3) is 3.29. The van der Waals surface area contributed by atoms with E-state index in [9.17, 15) is 0 Å². The molecule has 1 rings (SSSR count). The van der Waals surface area contributed by atoms with Gasteiger partial charge in [-0.05, 0) is 31.8 Å². The third-order valence-electron chi connectivity index (χ3n) is 1.49. The molecule has 0 bridgehead atoms. The van der Waals surface area contributed by atoms with Crippen LogP contribution >= 0.6 is 0 Å². The van der Waals surface area contributed by atoms with Gasteiger partial charge in [0, 0.05) is 0 Å². The maximum atomic E-state index is 3.12. The summed E-state index contributed by atoms with van der Waals surface area (Å²) in [5.41, 5.74) is 0. The van der Waals surface area contributed by atoms with Gasteiger partial charge in [-0.15, -0.1) is 0 Å². The molecule has 0 atom stereocenters. The SMILES string of the molecule is [C]1=CCCCC=CCC=C1. The molecule has 0 heterocycles. The van der Waals surface area contributed by atoms with Crippen molar-refractivity contribution in [3.63, 3.8) is 0 Å². The highest BCUT2D eigenvalue weighted by Gasteiger charge is 1.81. The zero-order valence-corrected chi connectivity index (χ0v) is 6.22. The van der Waals surface area contributed by atoms with Crippen LogP contribution in [0.5, 0.6) is 0 Å². The molecule has 53 valence electrons. The Morgan fingerprint density at radius 2 is 2.00 bits per heavy atom. The fraction of sp³-hybridized carbons (Fsp3) is 0.400. The van der Waals surface area contributed by atoms with Gasteiger partial charge in [-0.25, -0.2) is 0 Å². The highest BCUT2D eigenvalue weighted by Crippen LogP contribution is 2.00. The summed E-state index contributed by atoms with van der Waals surface area (Å²) in [7, 11) is 0. The van der Waals surface area contributed by atoms with Crippen molar-refractivity contribution >= 4 is 0 Å². The average molecular weight is 133 g/mol. The smallest absolute Gasteiger partial charge is 0.0166 e. The lowest BCUT2D eigenvalue weighted by Crippen LogP contribution is -1.71. The molecule has 0 spiro atoms. The van der Waals surface area contributed by atoms with Gasteiger partial charge in [-0.1, -0.05) is 30.4 Å². The van der Waals surface area contributed by atoms with E-state index in [2.05, 4.69) is 30.4 Å². The summed E-state index contributed by atoms with van der Waals surface area (Å²) in [6, 6.07) is 0. The van der Waals surface area contributed by atoms with Crippen LogP contribution in [0, 0.1) is 6.08 Å². The second-order valence-electron chi connectivity index (χ2n) is 2.41. The maximum absolute atomic E-state index is 3.12. The number of hydrogen-bond acceptors (Lipinski definition) is 0. The zero-order chi connectivity index (χ0) is 7.07. The van der Waals surface area contributed by atoms with E-state index in [0.29, 0.717) is 0 Å². The Morgan fingerprint density at radius 1 is 1.00 bits per heavy atom. The Hall–Kier alpha value is -0.780. The fourth-order valence-electron chi connectivity index (χ4n) is 0.918. The van der Waals surface area contributed by atoms with E-state index in [-0.39, 0.29) is 0 Å². The predicted octanol–water partition coefficient (Wildman–Crippen LogP) is 3.03. The van der Waals surface area contributed by atoms with Gasteiger partial charge in [-0.3, -0.25) is 0 Å². The molecule has 0 unspecified atom stereocenters. The Balaban J connectivity index is 2.38. The summed E-state index contributed by atoms with van der Waals surface area (Å²) in [5.74, 6) is 0. The van der Waals surface area contributed by atoms with E-state index < -0.39 is 0 Å². The molecule has 0 aromatic carbocycles. The molecule has 10 heavy (non-hydrogen) atoms. The summed E-state index contributed by atoms with van der Waals surface area (Å²) in [6.45, 7) is 0. The average Bonchev–Trinajstić information content (AvgIpc) is 2.01. The second kappa shape index (κ2) is 5.04. The Kier molecular flexibility index (Phi) is 3.69. The molecule has 1 radical (unpaired) electrons. The second-order valence-corrected chi connectivity index (χ2v) is 2.41. The van der Waals surface area contributed by atoms with E-state index in [1.165, 1.54) is 12.8 Å². The highest BCUT2D eigenvalue weighted by molar-refractivity contribution is 5.00. The number of rotatable bonds is 0. The summed E-state index contributed by atoms with van der Waals surface area (Å²) in [5, 5.41) is 0. The lowest BCUT2D eigenvalue weighted by molar-refractivity contribution is 0.863. The molecular weight excluding hydrogens is 120 g/mol. The van der Waals surface area contributed by atoms with Gasteiger partial charge < -0.3 is 0 Å². The minimum atomic E-state index is 1.06. The van der Waals surface area contributed by atoms with E-state index >= 15 is 0 Å². The molecule has 1 aliphatic carbocycles.